The van der Waals surface area contributed by atoms with Crippen molar-refractivity contribution in [2.45, 2.75) is 23.5 Å². The Hall–Kier alpha value is -2.99. The fourth-order valence-electron chi connectivity index (χ4n) is 3.61. The SMILES string of the molecule is O=C(c1ccc(CS(=O)(=O)c2ccccc2)cc1)N1CCCc2cc(F)ccc21. The predicted octanol–water partition coefficient (Wildman–Crippen LogP) is 4.39. The molecule has 1 heterocycles. The summed E-state index contributed by atoms with van der Waals surface area (Å²) in [4.78, 5) is 14.9. The molecule has 0 saturated heterocycles. The molecule has 1 aliphatic rings. The van der Waals surface area contributed by atoms with Crippen molar-refractivity contribution in [3.8, 4) is 0 Å². The summed E-state index contributed by atoms with van der Waals surface area (Å²) in [6.07, 6.45) is 1.52. The summed E-state index contributed by atoms with van der Waals surface area (Å²) >= 11 is 0. The van der Waals surface area contributed by atoms with Gasteiger partial charge in [-0.15, -0.1) is 0 Å². The third-order valence-corrected chi connectivity index (χ3v) is 6.77. The molecule has 0 N–H and O–H groups in total. The lowest BCUT2D eigenvalue weighted by atomic mass is 10.0. The lowest BCUT2D eigenvalue weighted by Gasteiger charge is -2.29. The number of benzene rings is 3. The number of sulfone groups is 1. The van der Waals surface area contributed by atoms with E-state index in [4.69, 9.17) is 0 Å². The van der Waals surface area contributed by atoms with Crippen LogP contribution >= 0.6 is 0 Å². The van der Waals surface area contributed by atoms with Gasteiger partial charge in [-0.25, -0.2) is 12.8 Å². The standard InChI is InChI=1S/C23H20FNO3S/c24-20-12-13-22-19(15-20)5-4-14-25(22)23(26)18-10-8-17(9-11-18)16-29(27,28)21-6-2-1-3-7-21/h1-3,6-13,15H,4-5,14,16H2. The zero-order valence-corrected chi connectivity index (χ0v) is 16.5. The van der Waals surface area contributed by atoms with Gasteiger partial charge in [0.1, 0.15) is 5.82 Å². The number of aryl methyl sites for hydroxylation is 1. The summed E-state index contributed by atoms with van der Waals surface area (Å²) in [6.45, 7) is 0.571. The van der Waals surface area contributed by atoms with Crippen molar-refractivity contribution >= 4 is 21.4 Å². The van der Waals surface area contributed by atoms with Crippen molar-refractivity contribution in [1.82, 2.24) is 0 Å². The van der Waals surface area contributed by atoms with E-state index in [2.05, 4.69) is 0 Å². The Labute approximate surface area is 169 Å². The summed E-state index contributed by atoms with van der Waals surface area (Å²) in [5.41, 5.74) is 2.66. The number of carbonyl (C=O) groups is 1. The van der Waals surface area contributed by atoms with Crippen molar-refractivity contribution in [3.05, 3.63) is 95.3 Å². The first-order chi connectivity index (χ1) is 13.9. The zero-order chi connectivity index (χ0) is 20.4. The lowest BCUT2D eigenvalue weighted by Crippen LogP contribution is -2.35. The molecule has 29 heavy (non-hydrogen) atoms. The summed E-state index contributed by atoms with van der Waals surface area (Å²) in [7, 11) is -3.44. The molecule has 3 aromatic rings. The van der Waals surface area contributed by atoms with Crippen LogP contribution in [-0.4, -0.2) is 20.9 Å². The molecule has 0 unspecified atom stereocenters. The Morgan fingerprint density at radius 2 is 1.69 bits per heavy atom. The average molecular weight is 409 g/mol. The Bertz CT molecular complexity index is 1140. The molecule has 0 saturated carbocycles. The highest BCUT2D eigenvalue weighted by Crippen LogP contribution is 2.29. The average Bonchev–Trinajstić information content (AvgIpc) is 2.73. The molecule has 1 amide bonds. The van der Waals surface area contributed by atoms with Gasteiger partial charge in [-0.1, -0.05) is 30.3 Å². The molecule has 0 atom stereocenters. The minimum absolute atomic E-state index is 0.128. The number of carbonyl (C=O) groups excluding carboxylic acids is 1. The molecule has 0 radical (unpaired) electrons. The summed E-state index contributed by atoms with van der Waals surface area (Å²) in [5.74, 6) is -0.603. The number of anilines is 1. The van der Waals surface area contributed by atoms with Crippen molar-refractivity contribution < 1.29 is 17.6 Å². The number of rotatable bonds is 4. The number of hydrogen-bond acceptors (Lipinski definition) is 3. The number of nitrogens with zero attached hydrogens (tertiary/aromatic N) is 1. The van der Waals surface area contributed by atoms with Gasteiger partial charge in [0.05, 0.1) is 10.6 Å². The first-order valence-electron chi connectivity index (χ1n) is 9.41. The van der Waals surface area contributed by atoms with E-state index in [1.54, 1.807) is 65.6 Å². The molecule has 0 aliphatic carbocycles. The molecule has 0 fully saturated rings. The van der Waals surface area contributed by atoms with Gasteiger partial charge in [-0.2, -0.15) is 0 Å². The van der Waals surface area contributed by atoms with E-state index >= 15 is 0 Å². The normalized spacial score (nSPS) is 13.8. The second kappa shape index (κ2) is 7.79. The van der Waals surface area contributed by atoms with E-state index in [9.17, 15) is 17.6 Å². The van der Waals surface area contributed by atoms with Crippen molar-refractivity contribution in [1.29, 1.82) is 0 Å². The van der Waals surface area contributed by atoms with E-state index in [-0.39, 0.29) is 22.4 Å². The topological polar surface area (TPSA) is 54.5 Å². The number of halogens is 1. The first kappa shape index (κ1) is 19.3. The highest BCUT2D eigenvalue weighted by atomic mass is 32.2. The van der Waals surface area contributed by atoms with Crippen molar-refractivity contribution in [3.63, 3.8) is 0 Å². The summed E-state index contributed by atoms with van der Waals surface area (Å²) in [5, 5.41) is 0. The Balaban J connectivity index is 1.54. The van der Waals surface area contributed by atoms with Crippen LogP contribution < -0.4 is 4.90 Å². The maximum Gasteiger partial charge on any atom is 0.258 e. The molecule has 0 aromatic heterocycles. The minimum Gasteiger partial charge on any atom is -0.308 e. The fraction of sp³-hybridized carbons (Fsp3) is 0.174. The van der Waals surface area contributed by atoms with Gasteiger partial charge in [0.2, 0.25) is 0 Å². The van der Waals surface area contributed by atoms with Crippen LogP contribution in [0, 0.1) is 5.82 Å². The van der Waals surface area contributed by atoms with Gasteiger partial charge < -0.3 is 4.90 Å². The Kier molecular flexibility index (Phi) is 5.20. The highest BCUT2D eigenvalue weighted by Gasteiger charge is 2.24. The number of amides is 1. The van der Waals surface area contributed by atoms with Crippen molar-refractivity contribution in [2.75, 3.05) is 11.4 Å². The molecule has 3 aromatic carbocycles. The van der Waals surface area contributed by atoms with E-state index in [0.717, 1.165) is 24.1 Å². The maximum absolute atomic E-state index is 13.5. The second-order valence-corrected chi connectivity index (χ2v) is 9.09. The summed E-state index contributed by atoms with van der Waals surface area (Å²) < 4.78 is 38.5. The summed E-state index contributed by atoms with van der Waals surface area (Å²) in [6, 6.07) is 19.4. The van der Waals surface area contributed by atoms with Gasteiger partial charge in [-0.05, 0) is 66.4 Å². The number of hydrogen-bond donors (Lipinski definition) is 0. The van der Waals surface area contributed by atoms with E-state index in [0.29, 0.717) is 17.7 Å². The van der Waals surface area contributed by atoms with Crippen LogP contribution in [-0.2, 0) is 22.0 Å². The molecule has 148 valence electrons. The van der Waals surface area contributed by atoms with E-state index in [1.807, 2.05) is 0 Å². The van der Waals surface area contributed by atoms with Crippen molar-refractivity contribution in [2.24, 2.45) is 0 Å². The quantitative estimate of drug-likeness (QED) is 0.642. The predicted molar refractivity (Wildman–Crippen MR) is 110 cm³/mol. The molecule has 1 aliphatic heterocycles. The van der Waals surface area contributed by atoms with Gasteiger partial charge >= 0.3 is 0 Å². The van der Waals surface area contributed by atoms with Gasteiger partial charge in [0, 0.05) is 17.8 Å². The third kappa shape index (κ3) is 4.07. The van der Waals surface area contributed by atoms with Crippen LogP contribution in [0.2, 0.25) is 0 Å². The van der Waals surface area contributed by atoms with Gasteiger partial charge in [0.15, 0.2) is 9.84 Å². The largest absolute Gasteiger partial charge is 0.308 e. The van der Waals surface area contributed by atoms with E-state index < -0.39 is 9.84 Å². The van der Waals surface area contributed by atoms with E-state index in [1.165, 1.54) is 12.1 Å². The zero-order valence-electron chi connectivity index (χ0n) is 15.7. The monoisotopic (exact) mass is 409 g/mol. The van der Waals surface area contributed by atoms with Crippen LogP contribution in [0.25, 0.3) is 0 Å². The molecule has 4 rings (SSSR count). The molecule has 0 bridgehead atoms. The Morgan fingerprint density at radius 1 is 0.966 bits per heavy atom. The Morgan fingerprint density at radius 3 is 2.41 bits per heavy atom. The van der Waals surface area contributed by atoms with Crippen LogP contribution in [0.1, 0.15) is 27.9 Å². The van der Waals surface area contributed by atoms with Crippen LogP contribution in [0.3, 0.4) is 0 Å². The molecular formula is C23H20FNO3S. The molecule has 6 heteroatoms. The third-order valence-electron chi connectivity index (χ3n) is 5.07. The molecular weight excluding hydrogens is 389 g/mol. The molecule has 0 spiro atoms. The number of fused-ring (bicyclic) bond motifs is 1. The molecule has 4 nitrogen and oxygen atoms in total. The van der Waals surface area contributed by atoms with Crippen LogP contribution in [0.4, 0.5) is 10.1 Å². The smallest absolute Gasteiger partial charge is 0.258 e. The highest BCUT2D eigenvalue weighted by molar-refractivity contribution is 7.90. The second-order valence-electron chi connectivity index (χ2n) is 7.10. The lowest BCUT2D eigenvalue weighted by molar-refractivity contribution is 0.0985. The fourth-order valence-corrected chi connectivity index (χ4v) is 4.98. The van der Waals surface area contributed by atoms with Gasteiger partial charge in [0.25, 0.3) is 5.91 Å². The van der Waals surface area contributed by atoms with Crippen LogP contribution in [0.15, 0.2) is 77.7 Å². The maximum atomic E-state index is 13.5. The van der Waals surface area contributed by atoms with Gasteiger partial charge in [-0.3, -0.25) is 4.79 Å². The first-order valence-corrected chi connectivity index (χ1v) is 11.1. The van der Waals surface area contributed by atoms with Crippen LogP contribution in [0.5, 0.6) is 0 Å². The minimum atomic E-state index is -3.44.